The van der Waals surface area contributed by atoms with Gasteiger partial charge in [-0.3, -0.25) is 4.79 Å². The summed E-state index contributed by atoms with van der Waals surface area (Å²) in [5, 5.41) is 12.1. The van der Waals surface area contributed by atoms with Gasteiger partial charge in [0.2, 0.25) is 5.91 Å². The summed E-state index contributed by atoms with van der Waals surface area (Å²) < 4.78 is 0. The lowest BCUT2D eigenvalue weighted by Crippen LogP contribution is -2.45. The van der Waals surface area contributed by atoms with Crippen molar-refractivity contribution in [2.75, 3.05) is 5.32 Å². The van der Waals surface area contributed by atoms with Gasteiger partial charge in [-0.05, 0) is 41.9 Å². The Hall–Kier alpha value is -1.82. The van der Waals surface area contributed by atoms with Gasteiger partial charge in [0.05, 0.1) is 6.07 Å². The number of anilines is 1. The third kappa shape index (κ3) is 2.70. The van der Waals surface area contributed by atoms with Gasteiger partial charge < -0.3 is 5.32 Å². The van der Waals surface area contributed by atoms with Gasteiger partial charge in [0.1, 0.15) is 5.41 Å². The largest absolute Gasteiger partial charge is 0.325 e. The first-order chi connectivity index (χ1) is 9.27. The smallest absolute Gasteiger partial charge is 0.244 e. The molecular formula is C17H22N2O. The van der Waals surface area contributed by atoms with E-state index in [1.54, 1.807) is 0 Å². The van der Waals surface area contributed by atoms with E-state index in [4.69, 9.17) is 0 Å². The normalized spacial score (nSPS) is 25.4. The number of rotatable bonds is 2. The number of amides is 1. The quantitative estimate of drug-likeness (QED) is 0.887. The molecule has 3 nitrogen and oxygen atoms in total. The molecule has 0 radical (unpaired) electrons. The summed E-state index contributed by atoms with van der Waals surface area (Å²) in [6, 6.07) is 10.1. The second-order valence-electron chi connectivity index (χ2n) is 6.99. The van der Waals surface area contributed by atoms with Gasteiger partial charge in [-0.15, -0.1) is 0 Å². The fourth-order valence-electron chi connectivity index (χ4n) is 2.76. The van der Waals surface area contributed by atoms with Crippen LogP contribution in [0.15, 0.2) is 24.3 Å². The minimum absolute atomic E-state index is 0.0970. The van der Waals surface area contributed by atoms with E-state index in [9.17, 15) is 10.1 Å². The molecule has 0 heterocycles. The molecule has 20 heavy (non-hydrogen) atoms. The first-order valence-electron chi connectivity index (χ1n) is 7.10. The van der Waals surface area contributed by atoms with Crippen LogP contribution in [-0.4, -0.2) is 5.91 Å². The zero-order valence-corrected chi connectivity index (χ0v) is 12.7. The number of nitrogens with one attached hydrogen (secondary N) is 1. The van der Waals surface area contributed by atoms with Crippen LogP contribution in [0.1, 0.15) is 46.1 Å². The highest BCUT2D eigenvalue weighted by molar-refractivity contribution is 5.97. The molecule has 0 spiro atoms. The molecule has 2 rings (SSSR count). The molecule has 1 aromatic carbocycles. The van der Waals surface area contributed by atoms with E-state index in [0.29, 0.717) is 18.8 Å². The van der Waals surface area contributed by atoms with E-state index in [1.807, 2.05) is 24.3 Å². The summed E-state index contributed by atoms with van der Waals surface area (Å²) >= 11 is 0. The Morgan fingerprint density at radius 2 is 1.85 bits per heavy atom. The summed E-state index contributed by atoms with van der Waals surface area (Å²) in [7, 11) is 0. The Morgan fingerprint density at radius 1 is 1.30 bits per heavy atom. The monoisotopic (exact) mass is 270 g/mol. The van der Waals surface area contributed by atoms with E-state index in [0.717, 1.165) is 5.69 Å². The Balaban J connectivity index is 2.08. The molecule has 0 bridgehead atoms. The topological polar surface area (TPSA) is 52.9 Å². The van der Waals surface area contributed by atoms with Gasteiger partial charge in [0, 0.05) is 5.69 Å². The number of carbonyl (C=O) groups excluding carboxylic acids is 1. The van der Waals surface area contributed by atoms with Crippen LogP contribution in [0, 0.1) is 22.7 Å². The lowest BCUT2D eigenvalue weighted by Gasteiger charge is -2.39. The lowest BCUT2D eigenvalue weighted by molar-refractivity contribution is -0.128. The summed E-state index contributed by atoms with van der Waals surface area (Å²) in [6.45, 7) is 8.53. The number of carbonyl (C=O) groups is 1. The molecule has 106 valence electrons. The van der Waals surface area contributed by atoms with E-state index < -0.39 is 5.41 Å². The second kappa shape index (κ2) is 4.94. The molecule has 1 N–H and O–H groups in total. The highest BCUT2D eigenvalue weighted by Gasteiger charge is 2.48. The van der Waals surface area contributed by atoms with Gasteiger partial charge in [-0.2, -0.15) is 5.26 Å². The number of nitrogens with zero attached hydrogens (tertiary/aromatic N) is 1. The minimum atomic E-state index is -0.817. The lowest BCUT2D eigenvalue weighted by atomic mass is 9.63. The van der Waals surface area contributed by atoms with Gasteiger partial charge in [0.25, 0.3) is 0 Å². The second-order valence-corrected chi connectivity index (χ2v) is 6.99. The zero-order valence-electron chi connectivity index (χ0n) is 12.7. The number of benzene rings is 1. The van der Waals surface area contributed by atoms with Crippen LogP contribution in [0.4, 0.5) is 5.69 Å². The van der Waals surface area contributed by atoms with Crippen LogP contribution in [0.2, 0.25) is 0 Å². The molecule has 0 aromatic heterocycles. The highest BCUT2D eigenvalue weighted by atomic mass is 16.2. The Morgan fingerprint density at radius 3 is 2.25 bits per heavy atom. The van der Waals surface area contributed by atoms with Crippen LogP contribution >= 0.6 is 0 Å². The summed E-state index contributed by atoms with van der Waals surface area (Å²) in [5.41, 5.74) is 1.27. The summed E-state index contributed by atoms with van der Waals surface area (Å²) in [5.74, 6) is 0.297. The molecule has 0 aliphatic heterocycles. The van der Waals surface area contributed by atoms with Crippen molar-refractivity contribution in [1.29, 1.82) is 5.26 Å². The average molecular weight is 270 g/mol. The first kappa shape index (κ1) is 14.6. The number of hydrogen-bond acceptors (Lipinski definition) is 2. The predicted octanol–water partition coefficient (Wildman–Crippen LogP) is 3.86. The van der Waals surface area contributed by atoms with Crippen molar-refractivity contribution in [2.24, 2.45) is 11.3 Å². The summed E-state index contributed by atoms with van der Waals surface area (Å²) in [6.07, 6.45) is 1.32. The maximum atomic E-state index is 12.2. The van der Waals surface area contributed by atoms with Gasteiger partial charge in [-0.25, -0.2) is 0 Å². The standard InChI is InChI=1S/C17H22N2O/c1-12-9-17(10-12,11-18)15(20)19-14-7-5-13(6-8-14)16(2,3)4/h5-8,12H,9-10H2,1-4H3,(H,19,20). The SMILES string of the molecule is CC1CC(C#N)(C(=O)Nc2ccc(C(C)(C)C)cc2)C1. The molecule has 0 unspecified atom stereocenters. The first-order valence-corrected chi connectivity index (χ1v) is 7.10. The third-order valence-electron chi connectivity index (χ3n) is 4.05. The van der Waals surface area contributed by atoms with Gasteiger partial charge in [-0.1, -0.05) is 39.8 Å². The number of nitriles is 1. The molecule has 1 aliphatic rings. The van der Waals surface area contributed by atoms with Crippen molar-refractivity contribution >= 4 is 11.6 Å². The van der Waals surface area contributed by atoms with Crippen LogP contribution in [0.3, 0.4) is 0 Å². The molecule has 3 heteroatoms. The van der Waals surface area contributed by atoms with Crippen molar-refractivity contribution in [2.45, 2.75) is 46.0 Å². The average Bonchev–Trinajstić information content (AvgIpc) is 2.34. The van der Waals surface area contributed by atoms with Gasteiger partial charge >= 0.3 is 0 Å². The Bertz CT molecular complexity index is 540. The van der Waals surface area contributed by atoms with Crippen LogP contribution in [0.25, 0.3) is 0 Å². The van der Waals surface area contributed by atoms with Crippen molar-refractivity contribution < 1.29 is 4.79 Å². The highest BCUT2D eigenvalue weighted by Crippen LogP contribution is 2.45. The Kier molecular flexibility index (Phi) is 3.60. The maximum Gasteiger partial charge on any atom is 0.244 e. The van der Waals surface area contributed by atoms with Crippen molar-refractivity contribution in [1.82, 2.24) is 0 Å². The zero-order chi connectivity index (χ0) is 15.0. The predicted molar refractivity (Wildman–Crippen MR) is 80.2 cm³/mol. The molecule has 1 amide bonds. The van der Waals surface area contributed by atoms with Crippen LogP contribution in [0.5, 0.6) is 0 Å². The molecule has 1 fully saturated rings. The van der Waals surface area contributed by atoms with E-state index in [-0.39, 0.29) is 11.3 Å². The van der Waals surface area contributed by atoms with Gasteiger partial charge in [0.15, 0.2) is 0 Å². The van der Waals surface area contributed by atoms with Crippen LogP contribution < -0.4 is 5.32 Å². The molecule has 0 atom stereocenters. The molecule has 0 saturated heterocycles. The van der Waals surface area contributed by atoms with E-state index >= 15 is 0 Å². The van der Waals surface area contributed by atoms with E-state index in [1.165, 1.54) is 5.56 Å². The number of hydrogen-bond donors (Lipinski definition) is 1. The fraction of sp³-hybridized carbons (Fsp3) is 0.529. The third-order valence-corrected chi connectivity index (χ3v) is 4.05. The minimum Gasteiger partial charge on any atom is -0.325 e. The van der Waals surface area contributed by atoms with Crippen molar-refractivity contribution in [3.8, 4) is 6.07 Å². The van der Waals surface area contributed by atoms with Crippen molar-refractivity contribution in [3.05, 3.63) is 29.8 Å². The fourth-order valence-corrected chi connectivity index (χ4v) is 2.76. The van der Waals surface area contributed by atoms with Crippen LogP contribution in [-0.2, 0) is 10.2 Å². The molecule has 1 saturated carbocycles. The van der Waals surface area contributed by atoms with Crippen molar-refractivity contribution in [3.63, 3.8) is 0 Å². The molecule has 1 aromatic rings. The maximum absolute atomic E-state index is 12.2. The molecule has 1 aliphatic carbocycles. The summed E-state index contributed by atoms with van der Waals surface area (Å²) in [4.78, 5) is 12.2. The van der Waals surface area contributed by atoms with E-state index in [2.05, 4.69) is 39.1 Å². The Labute approximate surface area is 121 Å². The molecular weight excluding hydrogens is 248 g/mol.